The van der Waals surface area contributed by atoms with Crippen LogP contribution in [0.3, 0.4) is 0 Å². The molecular formula is C31H32N2O7. The van der Waals surface area contributed by atoms with E-state index in [1.807, 2.05) is 12.1 Å². The number of rotatable bonds is 9. The lowest BCUT2D eigenvalue weighted by Gasteiger charge is -2.26. The Kier molecular flexibility index (Phi) is 8.43. The first-order chi connectivity index (χ1) is 19.1. The molecule has 9 heteroatoms. The van der Waals surface area contributed by atoms with E-state index in [2.05, 4.69) is 38.2 Å². The predicted molar refractivity (Wildman–Crippen MR) is 151 cm³/mol. The summed E-state index contributed by atoms with van der Waals surface area (Å²) in [6, 6.07) is 18.5. The maximum absolute atomic E-state index is 13.2. The Hall–Kier alpha value is -4.79. The molecule has 1 N–H and O–H groups in total. The third-order valence-electron chi connectivity index (χ3n) is 6.26. The van der Waals surface area contributed by atoms with Crippen LogP contribution in [0.15, 0.2) is 72.3 Å². The molecular weight excluding hydrogens is 512 g/mol. The van der Waals surface area contributed by atoms with Gasteiger partial charge in [-0.1, -0.05) is 39.0 Å². The largest absolute Gasteiger partial charge is 0.497 e. The number of hydrogen-bond donors (Lipinski definition) is 1. The maximum Gasteiger partial charge on any atom is 0.335 e. The monoisotopic (exact) mass is 544 g/mol. The molecule has 3 aromatic rings. The van der Waals surface area contributed by atoms with Crippen LogP contribution < -0.4 is 29.2 Å². The molecule has 0 bridgehead atoms. The van der Waals surface area contributed by atoms with E-state index in [1.165, 1.54) is 25.9 Å². The van der Waals surface area contributed by atoms with Gasteiger partial charge in [0.15, 0.2) is 11.5 Å². The number of nitrogens with zero attached hydrogens (tertiary/aromatic N) is 1. The average Bonchev–Trinajstić information content (AvgIpc) is 2.93. The Morgan fingerprint density at radius 3 is 2.05 bits per heavy atom. The summed E-state index contributed by atoms with van der Waals surface area (Å²) in [5.74, 6) is 0.679. The molecule has 1 heterocycles. The number of carbonyl (C=O) groups is 3. The number of amides is 4. The van der Waals surface area contributed by atoms with E-state index in [0.29, 0.717) is 35.1 Å². The standard InChI is InChI=1S/C31H32N2O7/c1-31(2,3)21-7-11-24(12-8-21)39-16-17-40-26-15-6-20(19-27(26)38-5)18-25-28(34)32-30(36)33(29(25)35)22-9-13-23(37-4)14-10-22/h6-15,18-19H,16-17H2,1-5H3,(H,32,34,36). The van der Waals surface area contributed by atoms with Crippen LogP contribution in [0.5, 0.6) is 23.0 Å². The highest BCUT2D eigenvalue weighted by Gasteiger charge is 2.36. The zero-order valence-corrected chi connectivity index (χ0v) is 23.1. The third-order valence-corrected chi connectivity index (χ3v) is 6.26. The first kappa shape index (κ1) is 28.2. The van der Waals surface area contributed by atoms with E-state index < -0.39 is 17.8 Å². The second kappa shape index (κ2) is 11.9. The average molecular weight is 545 g/mol. The van der Waals surface area contributed by atoms with Crippen LogP contribution in [0.1, 0.15) is 31.9 Å². The summed E-state index contributed by atoms with van der Waals surface area (Å²) in [7, 11) is 3.01. The molecule has 0 radical (unpaired) electrons. The van der Waals surface area contributed by atoms with Crippen molar-refractivity contribution in [3.05, 3.63) is 83.4 Å². The zero-order valence-electron chi connectivity index (χ0n) is 23.1. The fraction of sp³-hybridized carbons (Fsp3) is 0.258. The number of barbiturate groups is 1. The zero-order chi connectivity index (χ0) is 28.9. The highest BCUT2D eigenvalue weighted by molar-refractivity contribution is 6.39. The first-order valence-corrected chi connectivity index (χ1v) is 12.7. The number of hydrogen-bond acceptors (Lipinski definition) is 7. The van der Waals surface area contributed by atoms with E-state index in [1.54, 1.807) is 42.5 Å². The van der Waals surface area contributed by atoms with Gasteiger partial charge in [-0.3, -0.25) is 14.9 Å². The molecule has 0 unspecified atom stereocenters. The van der Waals surface area contributed by atoms with E-state index in [4.69, 9.17) is 18.9 Å². The SMILES string of the molecule is COc1ccc(N2C(=O)NC(=O)C(=Cc3ccc(OCCOc4ccc(C(C)(C)C)cc4)c(OC)c3)C2=O)cc1. The topological polar surface area (TPSA) is 103 Å². The van der Waals surface area contributed by atoms with Crippen LogP contribution in [-0.2, 0) is 15.0 Å². The Balaban J connectivity index is 1.43. The molecule has 9 nitrogen and oxygen atoms in total. The van der Waals surface area contributed by atoms with Gasteiger partial charge in [0, 0.05) is 0 Å². The number of imide groups is 2. The van der Waals surface area contributed by atoms with Gasteiger partial charge in [0.1, 0.15) is 30.3 Å². The van der Waals surface area contributed by atoms with Crippen LogP contribution in [0, 0.1) is 0 Å². The van der Waals surface area contributed by atoms with Crippen molar-refractivity contribution in [1.82, 2.24) is 5.32 Å². The molecule has 1 aliphatic rings. The van der Waals surface area contributed by atoms with Gasteiger partial charge in [0.05, 0.1) is 19.9 Å². The van der Waals surface area contributed by atoms with Crippen molar-refractivity contribution in [3.8, 4) is 23.0 Å². The predicted octanol–water partition coefficient (Wildman–Crippen LogP) is 5.13. The highest BCUT2D eigenvalue weighted by atomic mass is 16.5. The molecule has 1 fully saturated rings. The number of urea groups is 1. The summed E-state index contributed by atoms with van der Waals surface area (Å²) >= 11 is 0. The molecule has 208 valence electrons. The molecule has 0 atom stereocenters. The van der Waals surface area contributed by atoms with E-state index >= 15 is 0 Å². The number of benzene rings is 3. The van der Waals surface area contributed by atoms with Gasteiger partial charge in [0.25, 0.3) is 11.8 Å². The van der Waals surface area contributed by atoms with Crippen LogP contribution in [0.25, 0.3) is 6.08 Å². The van der Waals surface area contributed by atoms with Crippen molar-refractivity contribution in [2.45, 2.75) is 26.2 Å². The van der Waals surface area contributed by atoms with Crippen molar-refractivity contribution in [2.75, 3.05) is 32.3 Å². The molecule has 0 aromatic heterocycles. The molecule has 40 heavy (non-hydrogen) atoms. The summed E-state index contributed by atoms with van der Waals surface area (Å²) in [6.07, 6.45) is 1.40. The molecule has 4 rings (SSSR count). The first-order valence-electron chi connectivity index (χ1n) is 12.7. The fourth-order valence-corrected chi connectivity index (χ4v) is 4.05. The molecule has 1 saturated heterocycles. The highest BCUT2D eigenvalue weighted by Crippen LogP contribution is 2.30. The number of anilines is 1. The van der Waals surface area contributed by atoms with Crippen molar-refractivity contribution in [3.63, 3.8) is 0 Å². The molecule has 1 aliphatic heterocycles. The number of nitrogens with one attached hydrogen (secondary N) is 1. The van der Waals surface area contributed by atoms with Crippen molar-refractivity contribution < 1.29 is 33.3 Å². The van der Waals surface area contributed by atoms with Crippen LogP contribution in [0.4, 0.5) is 10.5 Å². The summed E-state index contributed by atoms with van der Waals surface area (Å²) in [4.78, 5) is 39.1. The van der Waals surface area contributed by atoms with Crippen LogP contribution in [0.2, 0.25) is 0 Å². The van der Waals surface area contributed by atoms with E-state index in [9.17, 15) is 14.4 Å². The Labute approximate surface area is 233 Å². The van der Waals surface area contributed by atoms with Crippen LogP contribution in [-0.4, -0.2) is 45.3 Å². The van der Waals surface area contributed by atoms with Gasteiger partial charge in [-0.15, -0.1) is 0 Å². The Bertz CT molecular complexity index is 1420. The summed E-state index contributed by atoms with van der Waals surface area (Å²) in [5, 5.41) is 2.21. The number of methoxy groups -OCH3 is 2. The summed E-state index contributed by atoms with van der Waals surface area (Å²) in [5.41, 5.74) is 1.92. The molecule has 0 aliphatic carbocycles. The van der Waals surface area contributed by atoms with E-state index in [0.717, 1.165) is 10.6 Å². The van der Waals surface area contributed by atoms with Crippen molar-refractivity contribution in [1.29, 1.82) is 0 Å². The minimum absolute atomic E-state index is 0.0711. The second-order valence-corrected chi connectivity index (χ2v) is 10.0. The fourth-order valence-electron chi connectivity index (χ4n) is 4.05. The van der Waals surface area contributed by atoms with Gasteiger partial charge in [-0.05, 0) is 71.1 Å². The smallest absolute Gasteiger partial charge is 0.335 e. The molecule has 0 spiro atoms. The third kappa shape index (κ3) is 6.43. The summed E-state index contributed by atoms with van der Waals surface area (Å²) < 4.78 is 22.2. The van der Waals surface area contributed by atoms with Crippen LogP contribution >= 0.6 is 0 Å². The lowest BCUT2D eigenvalue weighted by Crippen LogP contribution is -2.54. The normalized spacial score (nSPS) is 14.7. The van der Waals surface area contributed by atoms with Gasteiger partial charge in [-0.25, -0.2) is 9.69 Å². The Morgan fingerprint density at radius 1 is 0.775 bits per heavy atom. The lowest BCUT2D eigenvalue weighted by atomic mass is 9.87. The number of carbonyl (C=O) groups excluding carboxylic acids is 3. The Morgan fingerprint density at radius 2 is 1.43 bits per heavy atom. The quantitative estimate of drug-likeness (QED) is 0.226. The molecule has 0 saturated carbocycles. The number of ether oxygens (including phenoxy) is 4. The maximum atomic E-state index is 13.2. The van der Waals surface area contributed by atoms with Gasteiger partial charge in [-0.2, -0.15) is 0 Å². The minimum Gasteiger partial charge on any atom is -0.497 e. The lowest BCUT2D eigenvalue weighted by molar-refractivity contribution is -0.122. The molecule has 4 amide bonds. The molecule has 3 aromatic carbocycles. The van der Waals surface area contributed by atoms with Gasteiger partial charge < -0.3 is 18.9 Å². The van der Waals surface area contributed by atoms with Crippen molar-refractivity contribution >= 4 is 29.6 Å². The van der Waals surface area contributed by atoms with E-state index in [-0.39, 0.29) is 17.6 Å². The minimum atomic E-state index is -0.828. The van der Waals surface area contributed by atoms with Gasteiger partial charge >= 0.3 is 6.03 Å². The van der Waals surface area contributed by atoms with Crippen molar-refractivity contribution in [2.24, 2.45) is 0 Å². The second-order valence-electron chi connectivity index (χ2n) is 10.0. The van der Waals surface area contributed by atoms with Gasteiger partial charge in [0.2, 0.25) is 0 Å². The summed E-state index contributed by atoms with van der Waals surface area (Å²) in [6.45, 7) is 7.08.